The first-order chi connectivity index (χ1) is 13.6. The van der Waals surface area contributed by atoms with Crippen molar-refractivity contribution >= 4 is 31.4 Å². The van der Waals surface area contributed by atoms with Gasteiger partial charge in [0, 0.05) is 6.07 Å². The molecular formula is C20H19FN2O4S2. The molecule has 0 saturated carbocycles. The number of halogens is 1. The molecule has 152 valence electrons. The highest BCUT2D eigenvalue weighted by Gasteiger charge is 2.20. The Morgan fingerprint density at radius 3 is 1.48 bits per heavy atom. The van der Waals surface area contributed by atoms with Gasteiger partial charge in [-0.1, -0.05) is 35.4 Å². The zero-order chi connectivity index (χ0) is 21.2. The van der Waals surface area contributed by atoms with Gasteiger partial charge in [-0.3, -0.25) is 9.44 Å². The monoisotopic (exact) mass is 434 g/mol. The minimum Gasteiger partial charge on any atom is -0.277 e. The first-order valence-electron chi connectivity index (χ1n) is 8.55. The largest absolute Gasteiger partial charge is 0.277 e. The molecule has 0 bridgehead atoms. The van der Waals surface area contributed by atoms with Gasteiger partial charge < -0.3 is 0 Å². The van der Waals surface area contributed by atoms with Crippen molar-refractivity contribution < 1.29 is 21.2 Å². The molecule has 2 N–H and O–H groups in total. The first kappa shape index (κ1) is 20.8. The van der Waals surface area contributed by atoms with Crippen LogP contribution in [0.25, 0.3) is 0 Å². The van der Waals surface area contributed by atoms with E-state index in [1.807, 2.05) is 13.8 Å². The van der Waals surface area contributed by atoms with Crippen LogP contribution in [0.3, 0.4) is 0 Å². The maximum Gasteiger partial charge on any atom is 0.261 e. The zero-order valence-electron chi connectivity index (χ0n) is 15.7. The van der Waals surface area contributed by atoms with Crippen LogP contribution in [0, 0.1) is 19.7 Å². The van der Waals surface area contributed by atoms with Crippen molar-refractivity contribution in [1.29, 1.82) is 0 Å². The van der Waals surface area contributed by atoms with Crippen LogP contribution in [0.2, 0.25) is 0 Å². The predicted molar refractivity (Wildman–Crippen MR) is 110 cm³/mol. The third-order valence-electron chi connectivity index (χ3n) is 4.13. The van der Waals surface area contributed by atoms with E-state index in [-0.39, 0.29) is 21.2 Å². The Labute approximate surface area is 169 Å². The van der Waals surface area contributed by atoms with Crippen LogP contribution < -0.4 is 9.44 Å². The van der Waals surface area contributed by atoms with E-state index in [1.165, 1.54) is 24.3 Å². The molecule has 0 heterocycles. The Hall–Kier alpha value is -2.91. The number of hydrogen-bond donors (Lipinski definition) is 2. The van der Waals surface area contributed by atoms with E-state index in [0.29, 0.717) is 0 Å². The van der Waals surface area contributed by atoms with Gasteiger partial charge in [0.25, 0.3) is 20.0 Å². The minimum absolute atomic E-state index is 0.000216. The molecule has 3 aromatic carbocycles. The van der Waals surface area contributed by atoms with Gasteiger partial charge in [0.15, 0.2) is 0 Å². The van der Waals surface area contributed by atoms with Crippen LogP contribution in [0.15, 0.2) is 76.5 Å². The quantitative estimate of drug-likeness (QED) is 0.612. The molecule has 29 heavy (non-hydrogen) atoms. The molecule has 0 radical (unpaired) electrons. The Morgan fingerprint density at radius 1 is 0.621 bits per heavy atom. The van der Waals surface area contributed by atoms with Crippen LogP contribution in [-0.2, 0) is 20.0 Å². The Morgan fingerprint density at radius 2 is 1.03 bits per heavy atom. The van der Waals surface area contributed by atoms with E-state index in [4.69, 9.17) is 0 Å². The number of nitrogens with one attached hydrogen (secondary N) is 2. The van der Waals surface area contributed by atoms with E-state index in [0.717, 1.165) is 29.3 Å². The van der Waals surface area contributed by atoms with E-state index in [1.54, 1.807) is 24.3 Å². The highest BCUT2D eigenvalue weighted by molar-refractivity contribution is 7.93. The summed E-state index contributed by atoms with van der Waals surface area (Å²) in [6.45, 7) is 3.64. The van der Waals surface area contributed by atoms with Gasteiger partial charge in [-0.25, -0.2) is 21.2 Å². The molecular weight excluding hydrogens is 415 g/mol. The number of hydrogen-bond acceptors (Lipinski definition) is 4. The summed E-state index contributed by atoms with van der Waals surface area (Å²) in [4.78, 5) is -0.0283. The third-order valence-corrected chi connectivity index (χ3v) is 6.90. The van der Waals surface area contributed by atoms with Crippen molar-refractivity contribution in [1.82, 2.24) is 0 Å². The van der Waals surface area contributed by atoms with E-state index in [9.17, 15) is 21.2 Å². The lowest BCUT2D eigenvalue weighted by Crippen LogP contribution is -2.18. The summed E-state index contributed by atoms with van der Waals surface area (Å²) in [5.74, 6) is -0.718. The summed E-state index contributed by atoms with van der Waals surface area (Å²) >= 11 is 0. The fourth-order valence-corrected chi connectivity index (χ4v) is 4.68. The maximum absolute atomic E-state index is 13.8. The van der Waals surface area contributed by atoms with Crippen molar-refractivity contribution in [2.45, 2.75) is 23.6 Å². The zero-order valence-corrected chi connectivity index (χ0v) is 17.3. The van der Waals surface area contributed by atoms with Crippen LogP contribution in [0.5, 0.6) is 0 Å². The van der Waals surface area contributed by atoms with Gasteiger partial charge in [0.1, 0.15) is 5.82 Å². The second-order valence-corrected chi connectivity index (χ2v) is 9.89. The van der Waals surface area contributed by atoms with Crippen LogP contribution in [0.1, 0.15) is 11.1 Å². The van der Waals surface area contributed by atoms with E-state index >= 15 is 0 Å². The first-order valence-corrected chi connectivity index (χ1v) is 11.5. The SMILES string of the molecule is Cc1ccc(S(=O)(=O)Nc2ccc(F)cc2NS(=O)(=O)c2ccc(C)cc2)cc1. The number of anilines is 2. The standard InChI is InChI=1S/C20H19FN2O4S2/c1-14-3-8-17(9-4-14)28(24,25)22-19-12-7-16(21)13-20(19)23-29(26,27)18-10-5-15(2)6-11-18/h3-13,22-23H,1-2H3. The fraction of sp³-hybridized carbons (Fsp3) is 0.100. The number of aryl methyl sites for hydroxylation is 2. The topological polar surface area (TPSA) is 92.3 Å². The van der Waals surface area contributed by atoms with Gasteiger partial charge in [-0.2, -0.15) is 0 Å². The summed E-state index contributed by atoms with van der Waals surface area (Å²) < 4.78 is 68.9. The summed E-state index contributed by atoms with van der Waals surface area (Å²) in [7, 11) is -8.05. The number of benzene rings is 3. The molecule has 9 heteroatoms. The Kier molecular flexibility index (Phi) is 5.63. The lowest BCUT2D eigenvalue weighted by Gasteiger charge is -2.15. The molecule has 0 amide bonds. The Bertz CT molecular complexity index is 1240. The lowest BCUT2D eigenvalue weighted by atomic mass is 10.2. The molecule has 0 aliphatic rings. The van der Waals surface area contributed by atoms with Gasteiger partial charge in [-0.15, -0.1) is 0 Å². The molecule has 0 fully saturated rings. The third kappa shape index (κ3) is 4.93. The molecule has 0 atom stereocenters. The average molecular weight is 435 g/mol. The molecule has 0 unspecified atom stereocenters. The normalized spacial score (nSPS) is 11.8. The predicted octanol–water partition coefficient (Wildman–Crippen LogP) is 4.04. The van der Waals surface area contributed by atoms with Gasteiger partial charge in [-0.05, 0) is 50.2 Å². The molecule has 3 aromatic rings. The van der Waals surface area contributed by atoms with Crippen molar-refractivity contribution in [3.63, 3.8) is 0 Å². The smallest absolute Gasteiger partial charge is 0.261 e. The average Bonchev–Trinajstić information content (AvgIpc) is 2.64. The van der Waals surface area contributed by atoms with E-state index < -0.39 is 25.9 Å². The van der Waals surface area contributed by atoms with E-state index in [2.05, 4.69) is 9.44 Å². The number of rotatable bonds is 6. The highest BCUT2D eigenvalue weighted by Crippen LogP contribution is 2.28. The van der Waals surface area contributed by atoms with Crippen molar-refractivity contribution in [2.24, 2.45) is 0 Å². The summed E-state index contributed by atoms with van der Waals surface area (Å²) in [6.07, 6.45) is 0. The van der Waals surface area contributed by atoms with Gasteiger partial charge in [0.2, 0.25) is 0 Å². The molecule has 0 aliphatic heterocycles. The van der Waals surface area contributed by atoms with Crippen LogP contribution in [-0.4, -0.2) is 16.8 Å². The number of sulfonamides is 2. The molecule has 0 aliphatic carbocycles. The second kappa shape index (κ2) is 7.84. The minimum atomic E-state index is -4.05. The van der Waals surface area contributed by atoms with Gasteiger partial charge in [0.05, 0.1) is 21.2 Å². The van der Waals surface area contributed by atoms with Crippen LogP contribution in [0.4, 0.5) is 15.8 Å². The van der Waals surface area contributed by atoms with Crippen molar-refractivity contribution in [2.75, 3.05) is 9.44 Å². The summed E-state index contributed by atoms with van der Waals surface area (Å²) in [5.41, 5.74) is 1.45. The summed E-state index contributed by atoms with van der Waals surface area (Å²) in [6, 6.07) is 15.3. The molecule has 0 aromatic heterocycles. The van der Waals surface area contributed by atoms with Crippen molar-refractivity contribution in [3.05, 3.63) is 83.7 Å². The highest BCUT2D eigenvalue weighted by atomic mass is 32.2. The lowest BCUT2D eigenvalue weighted by molar-refractivity contribution is 0.598. The van der Waals surface area contributed by atoms with Crippen molar-refractivity contribution in [3.8, 4) is 0 Å². The molecule has 6 nitrogen and oxygen atoms in total. The Balaban J connectivity index is 1.96. The van der Waals surface area contributed by atoms with Gasteiger partial charge >= 0.3 is 0 Å². The summed E-state index contributed by atoms with van der Waals surface area (Å²) in [5, 5.41) is 0. The fourth-order valence-electron chi connectivity index (χ4n) is 2.53. The van der Waals surface area contributed by atoms with Crippen LogP contribution >= 0.6 is 0 Å². The maximum atomic E-state index is 13.8. The molecule has 0 saturated heterocycles. The molecule has 0 spiro atoms. The second-order valence-electron chi connectivity index (χ2n) is 6.53. The molecule has 3 rings (SSSR count).